The molecule has 108 valence electrons. The molecular formula is C12H6F3N3O3. The highest BCUT2D eigenvalue weighted by Gasteiger charge is 2.24. The Morgan fingerprint density at radius 3 is 2.48 bits per heavy atom. The third-order valence-corrected chi connectivity index (χ3v) is 2.44. The van der Waals surface area contributed by atoms with E-state index in [-0.39, 0.29) is 5.82 Å². The molecule has 0 saturated carbocycles. The smallest absolute Gasteiger partial charge is 0.285 e. The molecule has 0 aliphatic rings. The molecule has 2 rings (SSSR count). The van der Waals surface area contributed by atoms with Crippen molar-refractivity contribution in [1.82, 2.24) is 4.98 Å². The molecule has 1 aromatic heterocycles. The molecule has 0 bridgehead atoms. The summed E-state index contributed by atoms with van der Waals surface area (Å²) in [5.74, 6) is -5.09. The maximum atomic E-state index is 13.1. The minimum absolute atomic E-state index is 0.223. The number of pyridine rings is 1. The normalized spacial score (nSPS) is 10.2. The van der Waals surface area contributed by atoms with Crippen LogP contribution in [0.25, 0.3) is 0 Å². The Morgan fingerprint density at radius 2 is 1.86 bits per heavy atom. The molecule has 1 aromatic carbocycles. The second-order valence-electron chi connectivity index (χ2n) is 3.84. The Balaban J connectivity index is 2.39. The molecule has 9 heteroatoms. The largest absolute Gasteiger partial charge is 0.306 e. The highest BCUT2D eigenvalue weighted by atomic mass is 19.2. The molecule has 0 spiro atoms. The lowest BCUT2D eigenvalue weighted by Gasteiger charge is -2.05. The Morgan fingerprint density at radius 1 is 1.19 bits per heavy atom. The number of hydrogen-bond acceptors (Lipinski definition) is 4. The summed E-state index contributed by atoms with van der Waals surface area (Å²) in [6.45, 7) is 0. The van der Waals surface area contributed by atoms with E-state index in [1.807, 2.05) is 0 Å². The van der Waals surface area contributed by atoms with E-state index in [0.717, 1.165) is 6.07 Å². The van der Waals surface area contributed by atoms with E-state index < -0.39 is 39.7 Å². The zero-order valence-corrected chi connectivity index (χ0v) is 10.1. The standard InChI is InChI=1S/C12H6F3N3O3/c13-7-4-6(9(18(20)21)5-8(7)14)12(19)17-11-3-1-2-10(15)16-11/h1-5H,(H,16,17,19). The Bertz CT molecular complexity index is 737. The monoisotopic (exact) mass is 297 g/mol. The number of carbonyl (C=O) groups is 1. The van der Waals surface area contributed by atoms with Gasteiger partial charge in [0.2, 0.25) is 5.95 Å². The van der Waals surface area contributed by atoms with Crippen molar-refractivity contribution >= 4 is 17.4 Å². The summed E-state index contributed by atoms with van der Waals surface area (Å²) in [4.78, 5) is 24.9. The third-order valence-electron chi connectivity index (χ3n) is 2.44. The summed E-state index contributed by atoms with van der Waals surface area (Å²) in [5, 5.41) is 12.8. The number of amides is 1. The number of nitro groups is 1. The summed E-state index contributed by atoms with van der Waals surface area (Å²) >= 11 is 0. The summed E-state index contributed by atoms with van der Waals surface area (Å²) in [6.07, 6.45) is 0. The molecule has 0 atom stereocenters. The van der Waals surface area contributed by atoms with E-state index in [0.29, 0.717) is 12.1 Å². The molecule has 21 heavy (non-hydrogen) atoms. The lowest BCUT2D eigenvalue weighted by Crippen LogP contribution is -2.16. The number of nitro benzene ring substituents is 1. The molecule has 0 aliphatic carbocycles. The van der Waals surface area contributed by atoms with Crippen molar-refractivity contribution in [3.8, 4) is 0 Å². The van der Waals surface area contributed by atoms with Crippen molar-refractivity contribution in [3.05, 3.63) is 63.6 Å². The Kier molecular flexibility index (Phi) is 3.83. The number of halogens is 3. The van der Waals surface area contributed by atoms with Crippen molar-refractivity contribution in [2.75, 3.05) is 5.32 Å². The number of hydrogen-bond donors (Lipinski definition) is 1. The van der Waals surface area contributed by atoms with E-state index in [4.69, 9.17) is 0 Å². The van der Waals surface area contributed by atoms with Crippen LogP contribution >= 0.6 is 0 Å². The minimum Gasteiger partial charge on any atom is -0.306 e. The van der Waals surface area contributed by atoms with Gasteiger partial charge in [-0.1, -0.05) is 6.07 Å². The van der Waals surface area contributed by atoms with Gasteiger partial charge in [0.15, 0.2) is 11.6 Å². The number of anilines is 1. The Hall–Kier alpha value is -2.97. The van der Waals surface area contributed by atoms with Crippen LogP contribution in [0, 0.1) is 27.7 Å². The minimum atomic E-state index is -1.46. The molecule has 0 radical (unpaired) electrons. The van der Waals surface area contributed by atoms with Crippen LogP contribution in [-0.4, -0.2) is 15.8 Å². The van der Waals surface area contributed by atoms with E-state index in [9.17, 15) is 28.1 Å². The first-order valence-corrected chi connectivity index (χ1v) is 5.46. The summed E-state index contributed by atoms with van der Waals surface area (Å²) < 4.78 is 39.0. The van der Waals surface area contributed by atoms with Gasteiger partial charge in [0.1, 0.15) is 11.4 Å². The summed E-state index contributed by atoms with van der Waals surface area (Å²) in [6, 6.07) is 4.19. The molecule has 0 unspecified atom stereocenters. The van der Waals surface area contributed by atoms with Gasteiger partial charge >= 0.3 is 0 Å². The van der Waals surface area contributed by atoms with Crippen molar-refractivity contribution in [2.24, 2.45) is 0 Å². The number of nitrogens with one attached hydrogen (secondary N) is 1. The second kappa shape index (κ2) is 5.57. The van der Waals surface area contributed by atoms with Gasteiger partial charge in [-0.25, -0.2) is 13.8 Å². The quantitative estimate of drug-likeness (QED) is 0.536. The number of carbonyl (C=O) groups excluding carboxylic acids is 1. The van der Waals surface area contributed by atoms with Gasteiger partial charge in [-0.05, 0) is 18.2 Å². The number of nitrogens with zero attached hydrogens (tertiary/aromatic N) is 2. The maximum absolute atomic E-state index is 13.1. The number of aromatic nitrogens is 1. The van der Waals surface area contributed by atoms with Crippen LogP contribution in [0.5, 0.6) is 0 Å². The SMILES string of the molecule is O=C(Nc1cccc(F)n1)c1cc(F)c(F)cc1[N+](=O)[O-]. The lowest BCUT2D eigenvalue weighted by atomic mass is 10.1. The average molecular weight is 297 g/mol. The van der Waals surface area contributed by atoms with E-state index >= 15 is 0 Å². The van der Waals surface area contributed by atoms with Crippen LogP contribution in [0.1, 0.15) is 10.4 Å². The molecule has 0 fully saturated rings. The van der Waals surface area contributed by atoms with E-state index in [1.54, 1.807) is 0 Å². The first-order valence-electron chi connectivity index (χ1n) is 5.46. The van der Waals surface area contributed by atoms with Crippen LogP contribution in [-0.2, 0) is 0 Å². The van der Waals surface area contributed by atoms with Crippen LogP contribution in [0.3, 0.4) is 0 Å². The van der Waals surface area contributed by atoms with Gasteiger partial charge in [-0.3, -0.25) is 14.9 Å². The van der Waals surface area contributed by atoms with Crippen LogP contribution < -0.4 is 5.32 Å². The van der Waals surface area contributed by atoms with Crippen LogP contribution in [0.4, 0.5) is 24.7 Å². The fourth-order valence-electron chi connectivity index (χ4n) is 1.53. The highest BCUT2D eigenvalue weighted by Crippen LogP contribution is 2.23. The zero-order chi connectivity index (χ0) is 15.6. The molecule has 0 saturated heterocycles. The van der Waals surface area contributed by atoms with Crippen LogP contribution in [0.15, 0.2) is 30.3 Å². The van der Waals surface area contributed by atoms with Crippen molar-refractivity contribution in [3.63, 3.8) is 0 Å². The van der Waals surface area contributed by atoms with E-state index in [1.165, 1.54) is 12.1 Å². The predicted octanol–water partition coefficient (Wildman–Crippen LogP) is 2.66. The number of rotatable bonds is 3. The summed E-state index contributed by atoms with van der Waals surface area (Å²) in [5.41, 5.74) is -1.62. The molecular weight excluding hydrogens is 291 g/mol. The second-order valence-corrected chi connectivity index (χ2v) is 3.84. The van der Waals surface area contributed by atoms with Gasteiger partial charge in [-0.2, -0.15) is 4.39 Å². The third kappa shape index (κ3) is 3.14. The lowest BCUT2D eigenvalue weighted by molar-refractivity contribution is -0.385. The van der Waals surface area contributed by atoms with Gasteiger partial charge in [-0.15, -0.1) is 0 Å². The first kappa shape index (κ1) is 14.4. The van der Waals surface area contributed by atoms with Crippen molar-refractivity contribution in [2.45, 2.75) is 0 Å². The number of benzene rings is 1. The topological polar surface area (TPSA) is 85.1 Å². The molecule has 6 nitrogen and oxygen atoms in total. The fourth-order valence-corrected chi connectivity index (χ4v) is 1.53. The van der Waals surface area contributed by atoms with Crippen molar-refractivity contribution in [1.29, 1.82) is 0 Å². The van der Waals surface area contributed by atoms with Gasteiger partial charge < -0.3 is 5.32 Å². The van der Waals surface area contributed by atoms with E-state index in [2.05, 4.69) is 10.3 Å². The Labute approximate surface area is 115 Å². The molecule has 1 amide bonds. The first-order chi connectivity index (χ1) is 9.88. The van der Waals surface area contributed by atoms with Crippen molar-refractivity contribution < 1.29 is 22.9 Å². The molecule has 1 heterocycles. The van der Waals surface area contributed by atoms with Gasteiger partial charge in [0.25, 0.3) is 11.6 Å². The van der Waals surface area contributed by atoms with Gasteiger partial charge in [0.05, 0.1) is 11.0 Å². The summed E-state index contributed by atoms with van der Waals surface area (Å²) in [7, 11) is 0. The molecule has 2 aromatic rings. The fraction of sp³-hybridized carbons (Fsp3) is 0. The van der Waals surface area contributed by atoms with Gasteiger partial charge in [0, 0.05) is 0 Å². The predicted molar refractivity (Wildman–Crippen MR) is 65.2 cm³/mol. The maximum Gasteiger partial charge on any atom is 0.285 e. The highest BCUT2D eigenvalue weighted by molar-refractivity contribution is 6.06. The molecule has 1 N–H and O–H groups in total. The average Bonchev–Trinajstić information content (AvgIpc) is 2.41. The zero-order valence-electron chi connectivity index (χ0n) is 10.1. The molecule has 0 aliphatic heterocycles. The van der Waals surface area contributed by atoms with Crippen LogP contribution in [0.2, 0.25) is 0 Å².